The summed E-state index contributed by atoms with van der Waals surface area (Å²) in [4.78, 5) is 50.0. The number of benzene rings is 2. The van der Waals surface area contributed by atoms with Crippen LogP contribution in [0.1, 0.15) is 29.6 Å². The zero-order chi connectivity index (χ0) is 24.1. The minimum Gasteiger partial charge on any atom is -0.340 e. The van der Waals surface area contributed by atoms with E-state index in [0.29, 0.717) is 35.1 Å². The molecule has 10 nitrogen and oxygen atoms in total. The van der Waals surface area contributed by atoms with Crippen molar-refractivity contribution in [2.75, 3.05) is 22.6 Å². The van der Waals surface area contributed by atoms with Crippen LogP contribution in [0, 0.1) is 0 Å². The summed E-state index contributed by atoms with van der Waals surface area (Å²) in [5.74, 6) is -0.153. The molecular formula is C23H24N6O4S. The van der Waals surface area contributed by atoms with Crippen molar-refractivity contribution in [2.45, 2.75) is 31.8 Å². The molecule has 1 atom stereocenters. The van der Waals surface area contributed by atoms with Gasteiger partial charge in [-0.2, -0.15) is 11.8 Å². The van der Waals surface area contributed by atoms with Gasteiger partial charge in [0.25, 0.3) is 11.5 Å². The maximum Gasteiger partial charge on any atom is 0.277 e. The third-order valence-corrected chi connectivity index (χ3v) is 6.09. The number of thioether (sulfide) groups is 1. The molecule has 0 spiro atoms. The van der Waals surface area contributed by atoms with E-state index in [4.69, 9.17) is 0 Å². The van der Waals surface area contributed by atoms with E-state index in [2.05, 4.69) is 26.3 Å². The summed E-state index contributed by atoms with van der Waals surface area (Å²) in [6, 6.07) is 11.1. The second kappa shape index (κ2) is 10.5. The highest BCUT2D eigenvalue weighted by Crippen LogP contribution is 2.24. The lowest BCUT2D eigenvalue weighted by molar-refractivity contribution is -0.118. The van der Waals surface area contributed by atoms with Gasteiger partial charge in [0.2, 0.25) is 11.8 Å². The molecule has 3 amide bonds. The molecule has 0 unspecified atom stereocenters. The largest absolute Gasteiger partial charge is 0.340 e. The minimum atomic E-state index is -0.605. The van der Waals surface area contributed by atoms with Gasteiger partial charge in [-0.15, -0.1) is 5.10 Å². The summed E-state index contributed by atoms with van der Waals surface area (Å²) in [6.07, 6.45) is 3.00. The number of anilines is 2. The predicted octanol–water partition coefficient (Wildman–Crippen LogP) is 2.01. The number of rotatable bonds is 8. The van der Waals surface area contributed by atoms with Crippen LogP contribution in [0.5, 0.6) is 0 Å². The van der Waals surface area contributed by atoms with E-state index in [0.717, 1.165) is 5.75 Å². The quantitative estimate of drug-likeness (QED) is 0.449. The lowest BCUT2D eigenvalue weighted by Crippen LogP contribution is -2.41. The normalized spacial score (nSPS) is 15.3. The van der Waals surface area contributed by atoms with Gasteiger partial charge in [-0.1, -0.05) is 17.3 Å². The Morgan fingerprint density at radius 2 is 2.00 bits per heavy atom. The monoisotopic (exact) mass is 480 g/mol. The van der Waals surface area contributed by atoms with E-state index in [9.17, 15) is 19.2 Å². The molecular weight excluding hydrogens is 456 g/mol. The number of nitrogens with one attached hydrogen (secondary N) is 3. The second-order valence-corrected chi connectivity index (χ2v) is 8.83. The molecule has 11 heteroatoms. The lowest BCUT2D eigenvalue weighted by atomic mass is 10.1. The molecule has 3 N–H and O–H groups in total. The van der Waals surface area contributed by atoms with Crippen molar-refractivity contribution < 1.29 is 14.4 Å². The highest BCUT2D eigenvalue weighted by atomic mass is 32.2. The summed E-state index contributed by atoms with van der Waals surface area (Å²) < 4.78 is 1.25. The number of fused-ring (bicyclic) bond motifs is 2. The Labute approximate surface area is 199 Å². The number of carbonyl (C=O) groups excluding carboxylic acids is 3. The first-order valence-electron chi connectivity index (χ1n) is 10.8. The van der Waals surface area contributed by atoms with Gasteiger partial charge in [-0.25, -0.2) is 4.68 Å². The molecule has 0 saturated heterocycles. The molecule has 2 heterocycles. The number of carbonyl (C=O) groups is 3. The Bertz CT molecular complexity index is 1310. The first-order valence-corrected chi connectivity index (χ1v) is 12.2. The Kier molecular flexibility index (Phi) is 7.21. The number of hydrogen-bond donors (Lipinski definition) is 3. The van der Waals surface area contributed by atoms with Crippen LogP contribution < -0.4 is 21.5 Å². The maximum atomic E-state index is 12.6. The molecule has 1 aliphatic rings. The van der Waals surface area contributed by atoms with Gasteiger partial charge in [-0.3, -0.25) is 19.2 Å². The van der Waals surface area contributed by atoms with Crippen molar-refractivity contribution in [2.24, 2.45) is 0 Å². The average molecular weight is 481 g/mol. The Morgan fingerprint density at radius 1 is 1.18 bits per heavy atom. The lowest BCUT2D eigenvalue weighted by Gasteiger charge is -2.13. The van der Waals surface area contributed by atoms with Gasteiger partial charge in [0.15, 0.2) is 0 Å². The number of amides is 3. The first kappa shape index (κ1) is 23.4. The van der Waals surface area contributed by atoms with Gasteiger partial charge in [0.1, 0.15) is 11.6 Å². The van der Waals surface area contributed by atoms with Crippen molar-refractivity contribution in [1.82, 2.24) is 20.3 Å². The zero-order valence-electron chi connectivity index (χ0n) is 18.5. The van der Waals surface area contributed by atoms with Crippen molar-refractivity contribution in [1.29, 1.82) is 0 Å². The molecule has 2 aromatic carbocycles. The number of nitrogens with zero attached hydrogens (tertiary/aromatic N) is 3. The number of hydrogen-bond acceptors (Lipinski definition) is 7. The summed E-state index contributed by atoms with van der Waals surface area (Å²) in [5.41, 5.74) is 1.41. The molecule has 0 bridgehead atoms. The molecule has 0 aliphatic carbocycles. The fourth-order valence-corrected chi connectivity index (χ4v) is 4.13. The van der Waals surface area contributed by atoms with E-state index in [-0.39, 0.29) is 41.8 Å². The fourth-order valence-electron chi connectivity index (χ4n) is 3.66. The summed E-state index contributed by atoms with van der Waals surface area (Å²) in [5, 5.41) is 16.7. The third kappa shape index (κ3) is 5.25. The third-order valence-electron chi connectivity index (χ3n) is 5.44. The molecule has 3 aromatic rings. The van der Waals surface area contributed by atoms with Gasteiger partial charge >= 0.3 is 0 Å². The first-order chi connectivity index (χ1) is 16.5. The van der Waals surface area contributed by atoms with Gasteiger partial charge in [0, 0.05) is 18.7 Å². The molecule has 34 heavy (non-hydrogen) atoms. The smallest absolute Gasteiger partial charge is 0.277 e. The molecule has 1 aromatic heterocycles. The van der Waals surface area contributed by atoms with Crippen LogP contribution in [-0.2, 0) is 16.1 Å². The van der Waals surface area contributed by atoms with E-state index in [1.165, 1.54) is 4.68 Å². The molecule has 0 radical (unpaired) electrons. The highest BCUT2D eigenvalue weighted by molar-refractivity contribution is 7.98. The van der Waals surface area contributed by atoms with Crippen LogP contribution in [0.15, 0.2) is 47.3 Å². The van der Waals surface area contributed by atoms with Crippen molar-refractivity contribution >= 4 is 51.8 Å². The van der Waals surface area contributed by atoms with Crippen LogP contribution in [-0.4, -0.2) is 50.8 Å². The fraction of sp³-hybridized carbons (Fsp3) is 0.304. The molecule has 4 rings (SSSR count). The molecule has 0 saturated carbocycles. The zero-order valence-corrected chi connectivity index (χ0v) is 19.4. The topological polar surface area (TPSA) is 135 Å². The van der Waals surface area contributed by atoms with Crippen LogP contribution in [0.4, 0.5) is 11.4 Å². The van der Waals surface area contributed by atoms with Crippen LogP contribution in [0.25, 0.3) is 10.9 Å². The molecule has 1 aliphatic heterocycles. The van der Waals surface area contributed by atoms with Crippen LogP contribution in [0.2, 0.25) is 0 Å². The highest BCUT2D eigenvalue weighted by Gasteiger charge is 2.27. The van der Waals surface area contributed by atoms with Gasteiger partial charge in [0.05, 0.1) is 16.6 Å². The predicted molar refractivity (Wildman–Crippen MR) is 131 cm³/mol. The van der Waals surface area contributed by atoms with E-state index in [1.54, 1.807) is 54.2 Å². The standard InChI is InChI=1S/C23H24N6O4S/c1-34-12-10-19-22(32)25-17-9-8-14(13-16(17)21(31)26-19)24-20(30)7-4-11-29-23(33)15-5-2-3-6-18(15)27-28-29/h2-3,5-6,8-9,13,19H,4,7,10-12H2,1H3,(H,24,30)(H,25,32)(H,26,31)/t19-/m0/s1. The number of aromatic nitrogens is 3. The SMILES string of the molecule is CSCC[C@@H]1NC(=O)c2cc(NC(=O)CCCn3nnc4ccccc4c3=O)ccc2NC1=O. The van der Waals surface area contributed by atoms with Gasteiger partial charge in [-0.05, 0) is 55.2 Å². The minimum absolute atomic E-state index is 0.151. The van der Waals surface area contributed by atoms with Crippen LogP contribution >= 0.6 is 11.8 Å². The van der Waals surface area contributed by atoms with E-state index in [1.807, 2.05) is 6.26 Å². The summed E-state index contributed by atoms with van der Waals surface area (Å²) in [7, 11) is 0. The number of aryl methyl sites for hydroxylation is 1. The Balaban J connectivity index is 1.36. The van der Waals surface area contributed by atoms with Crippen molar-refractivity contribution in [3.05, 3.63) is 58.4 Å². The summed E-state index contributed by atoms with van der Waals surface area (Å²) >= 11 is 1.60. The van der Waals surface area contributed by atoms with E-state index >= 15 is 0 Å². The second-order valence-electron chi connectivity index (χ2n) is 7.84. The van der Waals surface area contributed by atoms with E-state index < -0.39 is 6.04 Å². The van der Waals surface area contributed by atoms with Crippen molar-refractivity contribution in [3.63, 3.8) is 0 Å². The Hall–Kier alpha value is -3.73. The van der Waals surface area contributed by atoms with Crippen LogP contribution in [0.3, 0.4) is 0 Å². The Morgan fingerprint density at radius 3 is 2.82 bits per heavy atom. The van der Waals surface area contributed by atoms with Gasteiger partial charge < -0.3 is 16.0 Å². The summed E-state index contributed by atoms with van der Waals surface area (Å²) in [6.45, 7) is 0.250. The van der Waals surface area contributed by atoms with Crippen molar-refractivity contribution in [3.8, 4) is 0 Å². The average Bonchev–Trinajstić information content (AvgIpc) is 2.95. The molecule has 176 valence electrons. The molecule has 0 fully saturated rings. The maximum absolute atomic E-state index is 12.6.